The third-order valence-electron chi connectivity index (χ3n) is 1.82. The number of nitro benzene ring substituents is 2. The highest BCUT2D eigenvalue weighted by molar-refractivity contribution is 5.91. The molecule has 0 aliphatic heterocycles. The van der Waals surface area contributed by atoms with E-state index in [1.54, 1.807) is 5.43 Å². The Morgan fingerprint density at radius 2 is 1.78 bits per heavy atom. The molecule has 18 heavy (non-hydrogen) atoms. The molecule has 94 valence electrons. The van der Waals surface area contributed by atoms with Gasteiger partial charge in [0.1, 0.15) is 5.56 Å². The Hall–Kier alpha value is -3.04. The van der Waals surface area contributed by atoms with Crippen LogP contribution in [0.4, 0.5) is 16.2 Å². The molecule has 1 rings (SSSR count). The third-order valence-corrected chi connectivity index (χ3v) is 1.82. The summed E-state index contributed by atoms with van der Waals surface area (Å²) in [6.45, 7) is 0. The molecular weight excluding hydrogens is 246 g/mol. The second-order valence-corrected chi connectivity index (χ2v) is 2.96. The number of hydrogen-bond donors (Lipinski definition) is 2. The summed E-state index contributed by atoms with van der Waals surface area (Å²) < 4.78 is 0. The van der Waals surface area contributed by atoms with E-state index in [0.717, 1.165) is 18.3 Å². The Morgan fingerprint density at radius 1 is 1.28 bits per heavy atom. The standard InChI is InChI=1S/C8H7N5O5/c9-8(14)11-10-4-5-6(12(15)16)2-1-3-7(5)13(17)18/h1-4H,(H3,9,11,14). The second kappa shape index (κ2) is 5.34. The topological polar surface area (TPSA) is 154 Å². The molecule has 0 unspecified atom stereocenters. The van der Waals surface area contributed by atoms with E-state index < -0.39 is 27.3 Å². The Kier molecular flexibility index (Phi) is 3.86. The van der Waals surface area contributed by atoms with Crippen LogP contribution < -0.4 is 11.2 Å². The summed E-state index contributed by atoms with van der Waals surface area (Å²) in [7, 11) is 0. The van der Waals surface area contributed by atoms with E-state index in [-0.39, 0.29) is 5.56 Å². The van der Waals surface area contributed by atoms with Gasteiger partial charge in [0.25, 0.3) is 11.4 Å². The fourth-order valence-electron chi connectivity index (χ4n) is 1.15. The maximum absolute atomic E-state index is 10.7. The fourth-order valence-corrected chi connectivity index (χ4v) is 1.15. The number of amides is 2. The van der Waals surface area contributed by atoms with Crippen molar-refractivity contribution in [3.8, 4) is 0 Å². The molecule has 0 aromatic heterocycles. The summed E-state index contributed by atoms with van der Waals surface area (Å²) in [5, 5.41) is 24.7. The number of carbonyl (C=O) groups is 1. The maximum atomic E-state index is 10.7. The lowest BCUT2D eigenvalue weighted by Gasteiger charge is -1.98. The molecule has 0 atom stereocenters. The number of urea groups is 1. The van der Waals surface area contributed by atoms with Gasteiger partial charge in [-0.3, -0.25) is 20.2 Å². The van der Waals surface area contributed by atoms with Crippen LogP contribution >= 0.6 is 0 Å². The number of nitrogens with zero attached hydrogens (tertiary/aromatic N) is 3. The fraction of sp³-hybridized carbons (Fsp3) is 0. The van der Waals surface area contributed by atoms with E-state index in [2.05, 4.69) is 5.10 Å². The molecule has 1 aromatic rings. The Balaban J connectivity index is 3.27. The molecule has 10 nitrogen and oxygen atoms in total. The van der Waals surface area contributed by atoms with Crippen LogP contribution in [0.3, 0.4) is 0 Å². The zero-order chi connectivity index (χ0) is 13.7. The third kappa shape index (κ3) is 2.98. The molecular formula is C8H7N5O5. The molecule has 0 bridgehead atoms. The van der Waals surface area contributed by atoms with Gasteiger partial charge in [0.15, 0.2) is 0 Å². The first-order valence-corrected chi connectivity index (χ1v) is 4.43. The number of benzene rings is 1. The molecule has 0 saturated heterocycles. The van der Waals surface area contributed by atoms with Crippen molar-refractivity contribution >= 4 is 23.6 Å². The van der Waals surface area contributed by atoms with Crippen LogP contribution in [0.25, 0.3) is 0 Å². The highest BCUT2D eigenvalue weighted by Crippen LogP contribution is 2.25. The monoisotopic (exact) mass is 253 g/mol. The zero-order valence-electron chi connectivity index (χ0n) is 8.77. The normalized spacial score (nSPS) is 10.2. The molecule has 3 N–H and O–H groups in total. The van der Waals surface area contributed by atoms with Crippen molar-refractivity contribution in [2.75, 3.05) is 0 Å². The lowest BCUT2D eigenvalue weighted by atomic mass is 10.1. The summed E-state index contributed by atoms with van der Waals surface area (Å²) >= 11 is 0. The number of carbonyl (C=O) groups excluding carboxylic acids is 1. The number of rotatable bonds is 4. The Labute approximate surface area is 99.4 Å². The SMILES string of the molecule is NC(=O)NN=Cc1c([N+](=O)[O-])cccc1[N+](=O)[O-]. The number of primary amides is 1. The van der Waals surface area contributed by atoms with Gasteiger partial charge >= 0.3 is 6.03 Å². The van der Waals surface area contributed by atoms with Crippen LogP contribution in [-0.4, -0.2) is 22.1 Å². The number of nitrogens with one attached hydrogen (secondary N) is 1. The van der Waals surface area contributed by atoms with Crippen LogP contribution in [-0.2, 0) is 0 Å². The van der Waals surface area contributed by atoms with E-state index in [1.165, 1.54) is 6.07 Å². The predicted molar refractivity (Wildman–Crippen MR) is 60.1 cm³/mol. The summed E-state index contributed by atoms with van der Waals surface area (Å²) in [6.07, 6.45) is 0.793. The number of hydrogen-bond acceptors (Lipinski definition) is 6. The van der Waals surface area contributed by atoms with E-state index >= 15 is 0 Å². The van der Waals surface area contributed by atoms with Crippen molar-refractivity contribution < 1.29 is 14.6 Å². The van der Waals surface area contributed by atoms with Crippen LogP contribution in [0.2, 0.25) is 0 Å². The van der Waals surface area contributed by atoms with E-state index in [9.17, 15) is 25.0 Å². The zero-order valence-corrected chi connectivity index (χ0v) is 8.77. The highest BCUT2D eigenvalue weighted by atomic mass is 16.6. The van der Waals surface area contributed by atoms with Crippen molar-refractivity contribution in [1.82, 2.24) is 5.43 Å². The molecule has 0 fully saturated rings. The smallest absolute Gasteiger partial charge is 0.332 e. The highest BCUT2D eigenvalue weighted by Gasteiger charge is 2.22. The number of nitrogens with two attached hydrogens (primary N) is 1. The van der Waals surface area contributed by atoms with Gasteiger partial charge in [-0.25, -0.2) is 10.2 Å². The molecule has 0 spiro atoms. The molecule has 0 aliphatic carbocycles. The van der Waals surface area contributed by atoms with Gasteiger partial charge in [-0.05, 0) is 6.07 Å². The van der Waals surface area contributed by atoms with Gasteiger partial charge in [-0.1, -0.05) is 0 Å². The number of hydrazone groups is 1. The summed E-state index contributed by atoms with van der Waals surface area (Å²) in [5.74, 6) is 0. The molecule has 10 heteroatoms. The van der Waals surface area contributed by atoms with Gasteiger partial charge in [-0.2, -0.15) is 5.10 Å². The van der Waals surface area contributed by atoms with Crippen LogP contribution in [0.1, 0.15) is 5.56 Å². The van der Waals surface area contributed by atoms with E-state index in [1.807, 2.05) is 0 Å². The average Bonchev–Trinajstić information content (AvgIpc) is 2.28. The van der Waals surface area contributed by atoms with E-state index in [4.69, 9.17) is 5.73 Å². The Morgan fingerprint density at radius 3 is 2.17 bits per heavy atom. The van der Waals surface area contributed by atoms with Crippen molar-refractivity contribution in [2.24, 2.45) is 10.8 Å². The first kappa shape index (κ1) is 13.0. The van der Waals surface area contributed by atoms with Gasteiger partial charge in [-0.15, -0.1) is 0 Å². The van der Waals surface area contributed by atoms with Crippen molar-refractivity contribution in [3.63, 3.8) is 0 Å². The average molecular weight is 253 g/mol. The lowest BCUT2D eigenvalue weighted by Crippen LogP contribution is -2.24. The van der Waals surface area contributed by atoms with Crippen LogP contribution in [0, 0.1) is 20.2 Å². The summed E-state index contributed by atoms with van der Waals surface area (Å²) in [5.41, 5.74) is 5.18. The molecule has 0 aliphatic rings. The van der Waals surface area contributed by atoms with Gasteiger partial charge in [0, 0.05) is 12.1 Å². The minimum atomic E-state index is -0.993. The largest absolute Gasteiger partial charge is 0.350 e. The molecule has 1 aromatic carbocycles. The van der Waals surface area contributed by atoms with Crippen molar-refractivity contribution in [2.45, 2.75) is 0 Å². The lowest BCUT2D eigenvalue weighted by molar-refractivity contribution is -0.394. The first-order chi connectivity index (χ1) is 8.43. The quantitative estimate of drug-likeness (QED) is 0.454. The van der Waals surface area contributed by atoms with Crippen LogP contribution in [0.15, 0.2) is 23.3 Å². The van der Waals surface area contributed by atoms with Crippen LogP contribution in [0.5, 0.6) is 0 Å². The number of nitro groups is 2. The summed E-state index contributed by atoms with van der Waals surface area (Å²) in [4.78, 5) is 30.2. The predicted octanol–water partition coefficient (Wildman–Crippen LogP) is 0.505. The van der Waals surface area contributed by atoms with Gasteiger partial charge in [0.2, 0.25) is 0 Å². The summed E-state index contributed by atoms with van der Waals surface area (Å²) in [6, 6.07) is 2.35. The van der Waals surface area contributed by atoms with E-state index in [0.29, 0.717) is 0 Å². The van der Waals surface area contributed by atoms with Gasteiger partial charge < -0.3 is 5.73 Å². The minimum absolute atomic E-state index is 0.332. The molecule has 0 radical (unpaired) electrons. The first-order valence-electron chi connectivity index (χ1n) is 4.43. The second-order valence-electron chi connectivity index (χ2n) is 2.96. The molecule has 2 amide bonds. The maximum Gasteiger partial charge on any atom is 0.332 e. The van der Waals surface area contributed by atoms with Crippen molar-refractivity contribution in [1.29, 1.82) is 0 Å². The molecule has 0 saturated carbocycles. The van der Waals surface area contributed by atoms with Crippen molar-refractivity contribution in [3.05, 3.63) is 44.0 Å². The minimum Gasteiger partial charge on any atom is -0.350 e. The Bertz CT molecular complexity index is 508. The molecule has 0 heterocycles. The van der Waals surface area contributed by atoms with Gasteiger partial charge in [0.05, 0.1) is 16.1 Å².